The van der Waals surface area contributed by atoms with Crippen molar-refractivity contribution >= 4 is 5.96 Å². The van der Waals surface area contributed by atoms with Crippen LogP contribution in [0.1, 0.15) is 44.6 Å². The minimum absolute atomic E-state index is 0.531. The average molecular weight is 262 g/mol. The Morgan fingerprint density at radius 3 is 2.68 bits per heavy atom. The van der Waals surface area contributed by atoms with E-state index in [2.05, 4.69) is 53.8 Å². The van der Waals surface area contributed by atoms with Crippen molar-refractivity contribution in [2.45, 2.75) is 39.0 Å². The Labute approximate surface area is 116 Å². The highest BCUT2D eigenvalue weighted by molar-refractivity contribution is 5.79. The molecule has 4 N–H and O–H groups in total. The van der Waals surface area contributed by atoms with Crippen LogP contribution in [0.3, 0.4) is 0 Å². The fourth-order valence-electron chi connectivity index (χ4n) is 1.86. The number of hydrogen-bond donors (Lipinski definition) is 3. The molecule has 106 valence electrons. The quantitative estimate of drug-likeness (QED) is 0.232. The molecule has 0 radical (unpaired) electrons. The molecule has 0 spiro atoms. The fourth-order valence-corrected chi connectivity index (χ4v) is 1.86. The number of aliphatic imine (C=N–C) groups is 1. The van der Waals surface area contributed by atoms with Crippen LogP contribution in [0.25, 0.3) is 0 Å². The molecule has 0 bridgehead atoms. The lowest BCUT2D eigenvalue weighted by Gasteiger charge is -2.14. The Kier molecular flexibility index (Phi) is 7.66. The van der Waals surface area contributed by atoms with Gasteiger partial charge in [-0.3, -0.25) is 10.4 Å². The second-order valence-corrected chi connectivity index (χ2v) is 4.76. The molecule has 0 aliphatic rings. The molecule has 4 heteroatoms. The molecule has 0 amide bonds. The summed E-state index contributed by atoms with van der Waals surface area (Å²) in [7, 11) is 0. The molecule has 1 aromatic carbocycles. The number of hydrogen-bond acceptors (Lipinski definition) is 2. The van der Waals surface area contributed by atoms with Crippen molar-refractivity contribution in [3.63, 3.8) is 0 Å². The van der Waals surface area contributed by atoms with Gasteiger partial charge in [0, 0.05) is 13.1 Å². The summed E-state index contributed by atoms with van der Waals surface area (Å²) < 4.78 is 0. The van der Waals surface area contributed by atoms with Crippen LogP contribution in [0.4, 0.5) is 0 Å². The van der Waals surface area contributed by atoms with E-state index in [9.17, 15) is 0 Å². The Balaban J connectivity index is 2.30. The van der Waals surface area contributed by atoms with Crippen molar-refractivity contribution in [3.05, 3.63) is 35.9 Å². The number of hydrazine groups is 1. The van der Waals surface area contributed by atoms with Crippen LogP contribution in [-0.4, -0.2) is 19.0 Å². The molecule has 4 nitrogen and oxygen atoms in total. The lowest BCUT2D eigenvalue weighted by atomic mass is 9.98. The molecule has 1 rings (SSSR count). The summed E-state index contributed by atoms with van der Waals surface area (Å²) in [5, 5.41) is 3.24. The zero-order valence-electron chi connectivity index (χ0n) is 12.0. The Hall–Kier alpha value is -1.55. The number of nitrogens with one attached hydrogen (secondary N) is 2. The van der Waals surface area contributed by atoms with Crippen LogP contribution in [0, 0.1) is 0 Å². The van der Waals surface area contributed by atoms with E-state index < -0.39 is 0 Å². The lowest BCUT2D eigenvalue weighted by molar-refractivity contribution is 0.651. The van der Waals surface area contributed by atoms with Gasteiger partial charge in [-0.05, 0) is 24.3 Å². The van der Waals surface area contributed by atoms with Crippen molar-refractivity contribution in [3.8, 4) is 0 Å². The minimum atomic E-state index is 0.531. The van der Waals surface area contributed by atoms with E-state index in [1.54, 1.807) is 0 Å². The van der Waals surface area contributed by atoms with E-state index in [0.29, 0.717) is 11.9 Å². The number of benzene rings is 1. The predicted octanol–water partition coefficient (Wildman–Crippen LogP) is 2.39. The van der Waals surface area contributed by atoms with Crippen LogP contribution in [0.15, 0.2) is 35.3 Å². The third kappa shape index (κ3) is 6.25. The summed E-state index contributed by atoms with van der Waals surface area (Å²) in [6.07, 6.45) is 3.29. The molecule has 1 aromatic rings. The predicted molar refractivity (Wildman–Crippen MR) is 82.0 cm³/mol. The third-order valence-electron chi connectivity index (χ3n) is 3.16. The summed E-state index contributed by atoms with van der Waals surface area (Å²) in [4.78, 5) is 4.37. The number of unbranched alkanes of at least 4 members (excludes halogenated alkanes) is 1. The second kappa shape index (κ2) is 9.39. The zero-order chi connectivity index (χ0) is 13.9. The highest BCUT2D eigenvalue weighted by atomic mass is 15.3. The van der Waals surface area contributed by atoms with E-state index in [1.165, 1.54) is 5.56 Å². The molecule has 0 aliphatic carbocycles. The summed E-state index contributed by atoms with van der Waals surface area (Å²) in [5.74, 6) is 6.66. The van der Waals surface area contributed by atoms with Gasteiger partial charge < -0.3 is 5.32 Å². The van der Waals surface area contributed by atoms with E-state index in [-0.39, 0.29) is 0 Å². The van der Waals surface area contributed by atoms with Gasteiger partial charge in [-0.15, -0.1) is 0 Å². The first-order chi connectivity index (χ1) is 9.27. The van der Waals surface area contributed by atoms with Gasteiger partial charge in [-0.2, -0.15) is 0 Å². The summed E-state index contributed by atoms with van der Waals surface area (Å²) in [6, 6.07) is 10.5. The number of guanidine groups is 1. The minimum Gasteiger partial charge on any atom is -0.355 e. The molecule has 1 unspecified atom stereocenters. The van der Waals surface area contributed by atoms with E-state index in [1.807, 2.05) is 6.07 Å². The lowest BCUT2D eigenvalue weighted by Crippen LogP contribution is -2.42. The smallest absolute Gasteiger partial charge is 0.205 e. The van der Waals surface area contributed by atoms with Crippen molar-refractivity contribution < 1.29 is 0 Å². The molecule has 0 saturated carbocycles. The van der Waals surface area contributed by atoms with Crippen LogP contribution >= 0.6 is 0 Å². The second-order valence-electron chi connectivity index (χ2n) is 4.76. The molecule has 0 aromatic heterocycles. The Morgan fingerprint density at radius 1 is 1.32 bits per heavy atom. The van der Waals surface area contributed by atoms with Gasteiger partial charge in [0.25, 0.3) is 0 Å². The third-order valence-corrected chi connectivity index (χ3v) is 3.16. The Morgan fingerprint density at radius 2 is 2.05 bits per heavy atom. The standard InChI is InChI=1S/C15H26N4/c1-3-4-11-17-15(19-16)18-12-10-13(2)14-8-6-5-7-9-14/h5-9,13H,3-4,10-12,16H2,1-2H3,(H2,17,18,19). The first-order valence-corrected chi connectivity index (χ1v) is 7.07. The average Bonchev–Trinajstić information content (AvgIpc) is 2.46. The monoisotopic (exact) mass is 262 g/mol. The fraction of sp³-hybridized carbons (Fsp3) is 0.533. The molecule has 0 heterocycles. The van der Waals surface area contributed by atoms with Crippen molar-refractivity contribution in [2.24, 2.45) is 10.8 Å². The van der Waals surface area contributed by atoms with Crippen LogP contribution in [0.2, 0.25) is 0 Å². The molecular weight excluding hydrogens is 236 g/mol. The summed E-state index contributed by atoms with van der Waals surface area (Å²) in [6.45, 7) is 6.07. The van der Waals surface area contributed by atoms with E-state index in [0.717, 1.165) is 32.4 Å². The topological polar surface area (TPSA) is 62.4 Å². The molecule has 0 fully saturated rings. The molecule has 0 saturated heterocycles. The van der Waals surface area contributed by atoms with Gasteiger partial charge >= 0.3 is 0 Å². The highest BCUT2D eigenvalue weighted by Crippen LogP contribution is 2.17. The van der Waals surface area contributed by atoms with Gasteiger partial charge in [-0.1, -0.05) is 50.6 Å². The van der Waals surface area contributed by atoms with Crippen molar-refractivity contribution in [1.29, 1.82) is 0 Å². The van der Waals surface area contributed by atoms with E-state index in [4.69, 9.17) is 5.84 Å². The molecular formula is C15H26N4. The van der Waals surface area contributed by atoms with Gasteiger partial charge in [0.15, 0.2) is 0 Å². The maximum Gasteiger partial charge on any atom is 0.205 e. The molecule has 19 heavy (non-hydrogen) atoms. The first kappa shape index (κ1) is 15.5. The first-order valence-electron chi connectivity index (χ1n) is 7.07. The maximum atomic E-state index is 5.44. The number of nitrogens with two attached hydrogens (primary N) is 1. The van der Waals surface area contributed by atoms with Crippen molar-refractivity contribution in [2.75, 3.05) is 13.1 Å². The number of nitrogens with zero attached hydrogens (tertiary/aromatic N) is 1. The van der Waals surface area contributed by atoms with Crippen LogP contribution in [0.5, 0.6) is 0 Å². The Bertz CT molecular complexity index is 362. The maximum absolute atomic E-state index is 5.44. The summed E-state index contributed by atoms with van der Waals surface area (Å²) in [5.41, 5.74) is 3.98. The van der Waals surface area contributed by atoms with Crippen LogP contribution in [-0.2, 0) is 0 Å². The highest BCUT2D eigenvalue weighted by Gasteiger charge is 2.04. The summed E-state index contributed by atoms with van der Waals surface area (Å²) >= 11 is 0. The van der Waals surface area contributed by atoms with Gasteiger partial charge in [0.05, 0.1) is 0 Å². The SMILES string of the molecule is CCCCN=C(NN)NCCC(C)c1ccccc1. The zero-order valence-corrected chi connectivity index (χ0v) is 12.0. The van der Waals surface area contributed by atoms with Crippen LogP contribution < -0.4 is 16.6 Å². The van der Waals surface area contributed by atoms with E-state index >= 15 is 0 Å². The van der Waals surface area contributed by atoms with Gasteiger partial charge in [-0.25, -0.2) is 5.84 Å². The molecule has 1 atom stereocenters. The van der Waals surface area contributed by atoms with Gasteiger partial charge in [0.1, 0.15) is 0 Å². The van der Waals surface area contributed by atoms with Crippen molar-refractivity contribution in [1.82, 2.24) is 10.7 Å². The normalized spacial score (nSPS) is 13.1. The largest absolute Gasteiger partial charge is 0.355 e. The number of rotatable bonds is 7. The van der Waals surface area contributed by atoms with Gasteiger partial charge in [0.2, 0.25) is 5.96 Å². The molecule has 0 aliphatic heterocycles.